The van der Waals surface area contributed by atoms with Crippen molar-refractivity contribution in [2.75, 3.05) is 0 Å². The smallest absolute Gasteiger partial charge is 0.170 e. The number of carbonyl (C=O) groups is 1. The maximum Gasteiger partial charge on any atom is 0.170 e. The van der Waals surface area contributed by atoms with E-state index in [1.54, 1.807) is 24.3 Å². The van der Waals surface area contributed by atoms with Crippen molar-refractivity contribution in [1.82, 2.24) is 0 Å². The van der Waals surface area contributed by atoms with E-state index in [1.807, 2.05) is 6.07 Å². The Balaban J connectivity index is 2.28. The Morgan fingerprint density at radius 3 is 2.33 bits per heavy atom. The molecule has 18 heavy (non-hydrogen) atoms. The number of hydrogen-bond acceptors (Lipinski definition) is 1. The minimum atomic E-state index is -1.06. The van der Waals surface area contributed by atoms with Crippen LogP contribution in [0.4, 0.5) is 8.78 Å². The lowest BCUT2D eigenvalue weighted by Crippen LogP contribution is -2.08. The highest BCUT2D eigenvalue weighted by atomic mass is 19.2. The van der Waals surface area contributed by atoms with Crippen molar-refractivity contribution in [2.24, 2.45) is 0 Å². The number of ketones is 1. The molecule has 0 bridgehead atoms. The first-order valence-corrected chi connectivity index (χ1v) is 5.61. The molecule has 0 aliphatic carbocycles. The molecule has 0 atom stereocenters. The average molecular weight is 246 g/mol. The molecule has 2 aromatic carbocycles. The molecule has 92 valence electrons. The fourth-order valence-corrected chi connectivity index (χ4v) is 1.74. The molecule has 0 saturated carbocycles. The summed E-state index contributed by atoms with van der Waals surface area (Å²) in [5.41, 5.74) is 0.786. The molecule has 0 fully saturated rings. The number of aryl methyl sites for hydroxylation is 1. The van der Waals surface area contributed by atoms with Crippen LogP contribution in [0.1, 0.15) is 21.5 Å². The monoisotopic (exact) mass is 246 g/mol. The SMILES string of the molecule is Cc1ccc(C(=O)Cc2ccccc2)c(F)c1F. The predicted octanol–water partition coefficient (Wildman–Crippen LogP) is 3.70. The minimum absolute atomic E-state index is 0.0697. The molecule has 0 spiro atoms. The summed E-state index contributed by atoms with van der Waals surface area (Å²) in [5.74, 6) is -2.43. The molecule has 0 saturated heterocycles. The molecule has 0 aliphatic rings. The molecule has 0 unspecified atom stereocenters. The van der Waals surface area contributed by atoms with Gasteiger partial charge >= 0.3 is 0 Å². The van der Waals surface area contributed by atoms with E-state index in [0.717, 1.165) is 5.56 Å². The molecule has 0 N–H and O–H groups in total. The van der Waals surface area contributed by atoms with Crippen LogP contribution in [0.25, 0.3) is 0 Å². The van der Waals surface area contributed by atoms with Gasteiger partial charge in [-0.05, 0) is 24.1 Å². The molecule has 2 aromatic rings. The van der Waals surface area contributed by atoms with Crippen molar-refractivity contribution in [2.45, 2.75) is 13.3 Å². The molecule has 3 heteroatoms. The van der Waals surface area contributed by atoms with Gasteiger partial charge in [-0.1, -0.05) is 36.4 Å². The second-order valence-corrected chi connectivity index (χ2v) is 4.14. The van der Waals surface area contributed by atoms with Crippen molar-refractivity contribution >= 4 is 5.78 Å². The lowest BCUT2D eigenvalue weighted by molar-refractivity contribution is 0.0988. The van der Waals surface area contributed by atoms with Crippen molar-refractivity contribution in [3.8, 4) is 0 Å². The second kappa shape index (κ2) is 5.08. The summed E-state index contributed by atoms with van der Waals surface area (Å²) < 4.78 is 27.0. The van der Waals surface area contributed by atoms with Gasteiger partial charge in [-0.3, -0.25) is 4.79 Å². The van der Waals surface area contributed by atoms with Crippen molar-refractivity contribution < 1.29 is 13.6 Å². The first-order valence-electron chi connectivity index (χ1n) is 5.61. The predicted molar refractivity (Wildman–Crippen MR) is 65.6 cm³/mol. The van der Waals surface area contributed by atoms with Gasteiger partial charge in [-0.25, -0.2) is 8.78 Å². The lowest BCUT2D eigenvalue weighted by Gasteiger charge is -2.05. The van der Waals surface area contributed by atoms with E-state index in [4.69, 9.17) is 0 Å². The molecule has 0 amide bonds. The van der Waals surface area contributed by atoms with Crippen LogP contribution >= 0.6 is 0 Å². The molecule has 1 nitrogen and oxygen atoms in total. The van der Waals surface area contributed by atoms with E-state index < -0.39 is 17.4 Å². The first-order chi connectivity index (χ1) is 8.59. The molecule has 0 heterocycles. The molecular formula is C15H12F2O. The zero-order valence-corrected chi connectivity index (χ0v) is 9.91. The molecule has 2 rings (SSSR count). The highest BCUT2D eigenvalue weighted by Crippen LogP contribution is 2.17. The topological polar surface area (TPSA) is 17.1 Å². The van der Waals surface area contributed by atoms with Crippen LogP contribution < -0.4 is 0 Å². The fraction of sp³-hybridized carbons (Fsp3) is 0.133. The fourth-order valence-electron chi connectivity index (χ4n) is 1.74. The van der Waals surface area contributed by atoms with E-state index in [9.17, 15) is 13.6 Å². The van der Waals surface area contributed by atoms with Crippen LogP contribution in [0.5, 0.6) is 0 Å². The number of rotatable bonds is 3. The van der Waals surface area contributed by atoms with Gasteiger partial charge < -0.3 is 0 Å². The third-order valence-electron chi connectivity index (χ3n) is 2.78. The number of halogens is 2. The number of Topliss-reactive ketones (excluding diaryl/α,β-unsaturated/α-hetero) is 1. The molecule has 0 aromatic heterocycles. The highest BCUT2D eigenvalue weighted by Gasteiger charge is 2.17. The standard InChI is InChI=1S/C15H12F2O/c1-10-7-8-12(15(17)14(10)16)13(18)9-11-5-3-2-4-6-11/h2-8H,9H2,1H3. The lowest BCUT2D eigenvalue weighted by atomic mass is 10.0. The van der Waals surface area contributed by atoms with E-state index in [2.05, 4.69) is 0 Å². The number of carbonyl (C=O) groups excluding carboxylic acids is 1. The molecule has 0 radical (unpaired) electrons. The van der Waals surface area contributed by atoms with Gasteiger partial charge in [0.1, 0.15) is 0 Å². The number of benzene rings is 2. The third kappa shape index (κ3) is 2.45. The Morgan fingerprint density at radius 2 is 1.67 bits per heavy atom. The van der Waals surface area contributed by atoms with Crippen LogP contribution in [0, 0.1) is 18.6 Å². The van der Waals surface area contributed by atoms with Gasteiger partial charge in [0.05, 0.1) is 5.56 Å². The second-order valence-electron chi connectivity index (χ2n) is 4.14. The number of hydrogen-bond donors (Lipinski definition) is 0. The first kappa shape index (κ1) is 12.4. The van der Waals surface area contributed by atoms with Gasteiger partial charge in [-0.15, -0.1) is 0 Å². The zero-order chi connectivity index (χ0) is 13.1. The Labute approximate surface area is 104 Å². The van der Waals surface area contributed by atoms with Crippen molar-refractivity contribution in [3.05, 3.63) is 70.8 Å². The van der Waals surface area contributed by atoms with E-state index in [1.165, 1.54) is 19.1 Å². The van der Waals surface area contributed by atoms with E-state index in [0.29, 0.717) is 0 Å². The van der Waals surface area contributed by atoms with Gasteiger partial charge in [0, 0.05) is 6.42 Å². The maximum absolute atomic E-state index is 13.6. The van der Waals surface area contributed by atoms with Crippen molar-refractivity contribution in [3.63, 3.8) is 0 Å². The summed E-state index contributed by atoms with van der Waals surface area (Å²) in [5, 5.41) is 0. The van der Waals surface area contributed by atoms with Gasteiger partial charge in [0.25, 0.3) is 0 Å². The molecular weight excluding hydrogens is 234 g/mol. The Bertz CT molecular complexity index is 577. The zero-order valence-electron chi connectivity index (χ0n) is 9.91. The maximum atomic E-state index is 13.6. The largest absolute Gasteiger partial charge is 0.294 e. The Kier molecular flexibility index (Phi) is 3.51. The van der Waals surface area contributed by atoms with E-state index in [-0.39, 0.29) is 17.5 Å². The summed E-state index contributed by atoms with van der Waals surface area (Å²) in [6, 6.07) is 11.7. The summed E-state index contributed by atoms with van der Waals surface area (Å²) in [6.45, 7) is 1.46. The summed E-state index contributed by atoms with van der Waals surface area (Å²) in [7, 11) is 0. The third-order valence-corrected chi connectivity index (χ3v) is 2.78. The summed E-state index contributed by atoms with van der Waals surface area (Å²) in [4.78, 5) is 11.9. The van der Waals surface area contributed by atoms with Crippen LogP contribution in [-0.4, -0.2) is 5.78 Å². The van der Waals surface area contributed by atoms with Crippen LogP contribution in [0.2, 0.25) is 0 Å². The van der Waals surface area contributed by atoms with Gasteiger partial charge in [-0.2, -0.15) is 0 Å². The quantitative estimate of drug-likeness (QED) is 0.755. The molecule has 0 aliphatic heterocycles. The van der Waals surface area contributed by atoms with Crippen molar-refractivity contribution in [1.29, 1.82) is 0 Å². The Morgan fingerprint density at radius 1 is 1.00 bits per heavy atom. The van der Waals surface area contributed by atoms with Gasteiger partial charge in [0.15, 0.2) is 17.4 Å². The van der Waals surface area contributed by atoms with Gasteiger partial charge in [0.2, 0.25) is 0 Å². The minimum Gasteiger partial charge on any atom is -0.294 e. The highest BCUT2D eigenvalue weighted by molar-refractivity contribution is 5.97. The normalized spacial score (nSPS) is 10.4. The Hall–Kier alpha value is -2.03. The van der Waals surface area contributed by atoms with Crippen LogP contribution in [0.3, 0.4) is 0 Å². The van der Waals surface area contributed by atoms with Crippen LogP contribution in [-0.2, 0) is 6.42 Å². The van der Waals surface area contributed by atoms with E-state index >= 15 is 0 Å². The average Bonchev–Trinajstić information content (AvgIpc) is 2.37. The van der Waals surface area contributed by atoms with Crippen LogP contribution in [0.15, 0.2) is 42.5 Å². The summed E-state index contributed by atoms with van der Waals surface area (Å²) in [6.07, 6.45) is 0.0697. The summed E-state index contributed by atoms with van der Waals surface area (Å²) >= 11 is 0.